The van der Waals surface area contributed by atoms with E-state index in [2.05, 4.69) is 50.1 Å². The molecule has 0 saturated carbocycles. The Morgan fingerprint density at radius 2 is 1.92 bits per heavy atom. The number of aromatic nitrogens is 1. The molecule has 118 valence electrons. The number of nitrogens with zero attached hydrogens (tertiary/aromatic N) is 2. The fraction of sp³-hybridized carbons (Fsp3) is 0.105. The molecule has 0 atom stereocenters. The molecule has 1 N–H and O–H groups in total. The lowest BCUT2D eigenvalue weighted by Crippen LogP contribution is -2.02. The number of anilines is 1. The molecular formula is C19H13BrClN3. The molecule has 2 heterocycles. The molecule has 2 aromatic carbocycles. The van der Waals surface area contributed by atoms with Crippen LogP contribution < -0.4 is 5.32 Å². The van der Waals surface area contributed by atoms with Gasteiger partial charge in [0.25, 0.3) is 0 Å². The largest absolute Gasteiger partial charge is 0.379 e. The molecule has 3 nitrogen and oxygen atoms in total. The lowest BCUT2D eigenvalue weighted by atomic mass is 10.1. The quantitative estimate of drug-likeness (QED) is 0.595. The normalized spacial score (nSPS) is 12.5. The van der Waals surface area contributed by atoms with Crippen LogP contribution in [0.5, 0.6) is 0 Å². The minimum absolute atomic E-state index is 0.649. The van der Waals surface area contributed by atoms with Gasteiger partial charge in [0.05, 0.1) is 24.7 Å². The molecule has 0 radical (unpaired) electrons. The van der Waals surface area contributed by atoms with E-state index in [0.717, 1.165) is 45.2 Å². The molecule has 1 aromatic heterocycles. The number of hydrogen-bond donors (Lipinski definition) is 1. The summed E-state index contributed by atoms with van der Waals surface area (Å²) in [6, 6.07) is 18.0. The minimum atomic E-state index is 0.649. The standard InChI is InChI=1S/C19H13BrClN3/c20-15-5-6-18-14(7-15)11-24-16(10-23-18)8-17(19(24)21)13-3-1-12(9-22)2-4-13/h1-8,23H,10-11H2. The third kappa shape index (κ3) is 2.60. The average molecular weight is 399 g/mol. The van der Waals surface area contributed by atoms with E-state index in [1.807, 2.05) is 30.3 Å². The van der Waals surface area contributed by atoms with E-state index in [0.29, 0.717) is 5.56 Å². The zero-order valence-corrected chi connectivity index (χ0v) is 15.0. The second-order valence-corrected chi connectivity index (χ2v) is 7.04. The molecule has 0 amide bonds. The first-order chi connectivity index (χ1) is 11.7. The van der Waals surface area contributed by atoms with Gasteiger partial charge in [0.2, 0.25) is 0 Å². The summed E-state index contributed by atoms with van der Waals surface area (Å²) >= 11 is 10.2. The van der Waals surface area contributed by atoms with Gasteiger partial charge in [0.15, 0.2) is 0 Å². The first-order valence-electron chi connectivity index (χ1n) is 7.56. The Bertz CT molecular complexity index is 968. The van der Waals surface area contributed by atoms with Crippen molar-refractivity contribution in [2.45, 2.75) is 13.1 Å². The highest BCUT2D eigenvalue weighted by Crippen LogP contribution is 2.35. The van der Waals surface area contributed by atoms with Crippen molar-refractivity contribution < 1.29 is 0 Å². The van der Waals surface area contributed by atoms with Gasteiger partial charge in [-0.1, -0.05) is 39.7 Å². The van der Waals surface area contributed by atoms with E-state index in [1.54, 1.807) is 0 Å². The highest BCUT2D eigenvalue weighted by Gasteiger charge is 2.19. The first-order valence-corrected chi connectivity index (χ1v) is 8.73. The topological polar surface area (TPSA) is 40.8 Å². The number of benzene rings is 2. The van der Waals surface area contributed by atoms with E-state index < -0.39 is 0 Å². The molecule has 3 aromatic rings. The van der Waals surface area contributed by atoms with Crippen molar-refractivity contribution in [2.75, 3.05) is 5.32 Å². The van der Waals surface area contributed by atoms with E-state index in [4.69, 9.17) is 16.9 Å². The second kappa shape index (κ2) is 6.01. The Morgan fingerprint density at radius 1 is 1.12 bits per heavy atom. The predicted molar refractivity (Wildman–Crippen MR) is 100 cm³/mol. The van der Waals surface area contributed by atoms with Crippen molar-refractivity contribution in [3.05, 3.63) is 75.0 Å². The highest BCUT2D eigenvalue weighted by molar-refractivity contribution is 9.10. The van der Waals surface area contributed by atoms with Gasteiger partial charge in [0, 0.05) is 21.4 Å². The van der Waals surface area contributed by atoms with Crippen molar-refractivity contribution in [1.82, 2.24) is 4.57 Å². The van der Waals surface area contributed by atoms with Crippen molar-refractivity contribution >= 4 is 33.2 Å². The number of fused-ring (bicyclic) bond motifs is 2. The predicted octanol–water partition coefficient (Wildman–Crippen LogP) is 5.42. The highest BCUT2D eigenvalue weighted by atomic mass is 79.9. The fourth-order valence-electron chi connectivity index (χ4n) is 3.04. The Kier molecular flexibility index (Phi) is 3.84. The monoisotopic (exact) mass is 397 g/mol. The number of halogens is 2. The number of hydrogen-bond acceptors (Lipinski definition) is 2. The lowest BCUT2D eigenvalue weighted by molar-refractivity contribution is 0.773. The van der Waals surface area contributed by atoms with Crippen LogP contribution in [-0.2, 0) is 13.1 Å². The zero-order valence-electron chi connectivity index (χ0n) is 12.7. The summed E-state index contributed by atoms with van der Waals surface area (Å²) in [4.78, 5) is 0. The Balaban J connectivity index is 1.78. The van der Waals surface area contributed by atoms with Crippen molar-refractivity contribution in [3.63, 3.8) is 0 Å². The average Bonchev–Trinajstić information content (AvgIpc) is 2.79. The lowest BCUT2D eigenvalue weighted by Gasteiger charge is -2.09. The Labute approximate surface area is 153 Å². The summed E-state index contributed by atoms with van der Waals surface area (Å²) in [7, 11) is 0. The van der Waals surface area contributed by atoms with Crippen LogP contribution in [0.15, 0.2) is 53.0 Å². The van der Waals surface area contributed by atoms with Gasteiger partial charge >= 0.3 is 0 Å². The van der Waals surface area contributed by atoms with E-state index >= 15 is 0 Å². The molecule has 0 aliphatic carbocycles. The molecule has 1 aliphatic heterocycles. The van der Waals surface area contributed by atoms with Crippen LogP contribution in [0.1, 0.15) is 16.8 Å². The fourth-order valence-corrected chi connectivity index (χ4v) is 3.78. The molecule has 0 bridgehead atoms. The smallest absolute Gasteiger partial charge is 0.117 e. The summed E-state index contributed by atoms with van der Waals surface area (Å²) in [6.07, 6.45) is 0. The maximum absolute atomic E-state index is 8.94. The molecule has 5 heteroatoms. The van der Waals surface area contributed by atoms with Crippen LogP contribution in [0.25, 0.3) is 11.1 Å². The third-order valence-corrected chi connectivity index (χ3v) is 5.20. The van der Waals surface area contributed by atoms with Gasteiger partial charge in [-0.2, -0.15) is 5.26 Å². The maximum atomic E-state index is 8.94. The van der Waals surface area contributed by atoms with Gasteiger partial charge in [0.1, 0.15) is 5.15 Å². The van der Waals surface area contributed by atoms with Gasteiger partial charge in [-0.05, 0) is 47.5 Å². The van der Waals surface area contributed by atoms with Crippen molar-refractivity contribution in [1.29, 1.82) is 5.26 Å². The molecular weight excluding hydrogens is 386 g/mol. The minimum Gasteiger partial charge on any atom is -0.379 e. The van der Waals surface area contributed by atoms with Crippen molar-refractivity contribution in [2.24, 2.45) is 0 Å². The second-order valence-electron chi connectivity index (χ2n) is 5.77. The van der Waals surface area contributed by atoms with Crippen LogP contribution in [0.2, 0.25) is 5.15 Å². The van der Waals surface area contributed by atoms with Crippen LogP contribution in [-0.4, -0.2) is 4.57 Å². The molecule has 4 rings (SSSR count). The van der Waals surface area contributed by atoms with E-state index in [9.17, 15) is 0 Å². The number of rotatable bonds is 1. The SMILES string of the molecule is N#Cc1ccc(-c2cc3n(c2Cl)Cc2cc(Br)ccc2NC3)cc1. The Hall–Kier alpha value is -2.22. The van der Waals surface area contributed by atoms with Crippen molar-refractivity contribution in [3.8, 4) is 17.2 Å². The van der Waals surface area contributed by atoms with Crippen LogP contribution in [0.4, 0.5) is 5.69 Å². The third-order valence-electron chi connectivity index (χ3n) is 4.30. The van der Waals surface area contributed by atoms with Gasteiger partial charge < -0.3 is 9.88 Å². The zero-order chi connectivity index (χ0) is 16.7. The Morgan fingerprint density at radius 3 is 2.67 bits per heavy atom. The summed E-state index contributed by atoms with van der Waals surface area (Å²) < 4.78 is 3.20. The molecule has 1 aliphatic rings. The molecule has 0 saturated heterocycles. The maximum Gasteiger partial charge on any atom is 0.117 e. The molecule has 0 spiro atoms. The van der Waals surface area contributed by atoms with Gasteiger partial charge in [-0.15, -0.1) is 0 Å². The van der Waals surface area contributed by atoms with Crippen LogP contribution >= 0.6 is 27.5 Å². The summed E-state index contributed by atoms with van der Waals surface area (Å²) in [6.45, 7) is 1.46. The van der Waals surface area contributed by atoms with Crippen LogP contribution in [0, 0.1) is 11.3 Å². The molecule has 0 unspecified atom stereocenters. The molecule has 0 fully saturated rings. The van der Waals surface area contributed by atoms with E-state index in [1.165, 1.54) is 5.56 Å². The summed E-state index contributed by atoms with van der Waals surface area (Å²) in [5.41, 5.74) is 6.15. The summed E-state index contributed by atoms with van der Waals surface area (Å²) in [5, 5.41) is 13.1. The number of nitrogens with one attached hydrogen (secondary N) is 1. The summed E-state index contributed by atoms with van der Waals surface area (Å²) in [5.74, 6) is 0. The van der Waals surface area contributed by atoms with Crippen LogP contribution in [0.3, 0.4) is 0 Å². The van der Waals surface area contributed by atoms with Gasteiger partial charge in [-0.25, -0.2) is 0 Å². The number of nitriles is 1. The molecule has 24 heavy (non-hydrogen) atoms. The van der Waals surface area contributed by atoms with E-state index in [-0.39, 0.29) is 0 Å². The first kappa shape index (κ1) is 15.3. The van der Waals surface area contributed by atoms with Gasteiger partial charge in [-0.3, -0.25) is 0 Å².